The molecule has 2 aliphatic rings. The summed E-state index contributed by atoms with van der Waals surface area (Å²) < 4.78 is 5.27. The Kier molecular flexibility index (Phi) is 1.41. The highest BCUT2D eigenvalue weighted by Gasteiger charge is 2.26. The highest BCUT2D eigenvalue weighted by Crippen LogP contribution is 2.11. The van der Waals surface area contributed by atoms with E-state index in [1.165, 1.54) is 0 Å². The van der Waals surface area contributed by atoms with Crippen molar-refractivity contribution in [1.82, 2.24) is 10.2 Å². The summed E-state index contributed by atoms with van der Waals surface area (Å²) in [5, 5.41) is 3.19. The minimum atomic E-state index is 0.541. The monoisotopic (exact) mass is 127 g/mol. The van der Waals surface area contributed by atoms with E-state index in [2.05, 4.69) is 16.8 Å². The highest BCUT2D eigenvalue weighted by atomic mass is 16.5. The molecular formula is C6H11N2O. The predicted octanol–water partition coefficient (Wildman–Crippen LogP) is -0.590. The van der Waals surface area contributed by atoms with Crippen LogP contribution in [-0.2, 0) is 4.74 Å². The van der Waals surface area contributed by atoms with E-state index in [-0.39, 0.29) is 0 Å². The van der Waals surface area contributed by atoms with Gasteiger partial charge in [0.25, 0.3) is 0 Å². The molecule has 0 bridgehead atoms. The summed E-state index contributed by atoms with van der Waals surface area (Å²) in [5.41, 5.74) is 0. The van der Waals surface area contributed by atoms with E-state index >= 15 is 0 Å². The van der Waals surface area contributed by atoms with Crippen LogP contribution in [0.5, 0.6) is 0 Å². The maximum atomic E-state index is 5.27. The summed E-state index contributed by atoms with van der Waals surface area (Å²) in [6.45, 7) is 5.96. The number of nitrogens with zero attached hydrogens (tertiary/aromatic N) is 1. The van der Waals surface area contributed by atoms with Crippen molar-refractivity contribution in [3.05, 3.63) is 6.54 Å². The summed E-state index contributed by atoms with van der Waals surface area (Å²) in [4.78, 5) is 2.38. The van der Waals surface area contributed by atoms with Gasteiger partial charge in [-0.25, -0.2) is 0 Å². The van der Waals surface area contributed by atoms with Gasteiger partial charge in [-0.05, 0) is 0 Å². The number of morpholine rings is 1. The number of fused-ring (bicyclic) bond motifs is 1. The largest absolute Gasteiger partial charge is 0.378 e. The SMILES string of the molecule is [CH]1NCN2CCOCC12. The molecule has 0 aliphatic carbocycles. The van der Waals surface area contributed by atoms with Crippen LogP contribution in [0.4, 0.5) is 0 Å². The van der Waals surface area contributed by atoms with Crippen molar-refractivity contribution in [2.24, 2.45) is 0 Å². The van der Waals surface area contributed by atoms with E-state index < -0.39 is 0 Å². The van der Waals surface area contributed by atoms with Gasteiger partial charge >= 0.3 is 0 Å². The van der Waals surface area contributed by atoms with Gasteiger partial charge in [0.05, 0.1) is 19.3 Å². The Bertz CT molecular complexity index is 95.2. The first-order valence-electron chi connectivity index (χ1n) is 3.35. The van der Waals surface area contributed by atoms with Crippen molar-refractivity contribution in [3.63, 3.8) is 0 Å². The number of hydrogen-bond donors (Lipinski definition) is 1. The quantitative estimate of drug-likeness (QED) is 0.470. The Morgan fingerprint density at radius 1 is 1.67 bits per heavy atom. The normalized spacial score (nSPS) is 36.7. The van der Waals surface area contributed by atoms with Crippen LogP contribution in [-0.4, -0.2) is 37.4 Å². The molecule has 1 atom stereocenters. The number of ether oxygens (including phenoxy) is 1. The molecule has 2 rings (SSSR count). The second-order valence-corrected chi connectivity index (χ2v) is 2.48. The topological polar surface area (TPSA) is 24.5 Å². The fourth-order valence-corrected chi connectivity index (χ4v) is 1.31. The van der Waals surface area contributed by atoms with Crippen molar-refractivity contribution in [3.8, 4) is 0 Å². The third-order valence-corrected chi connectivity index (χ3v) is 1.89. The number of nitrogens with one attached hydrogen (secondary N) is 1. The van der Waals surface area contributed by atoms with E-state index in [1.54, 1.807) is 0 Å². The first-order valence-corrected chi connectivity index (χ1v) is 3.35. The summed E-state index contributed by atoms with van der Waals surface area (Å²) in [6.07, 6.45) is 0. The van der Waals surface area contributed by atoms with Gasteiger partial charge < -0.3 is 4.74 Å². The molecule has 0 aromatic rings. The van der Waals surface area contributed by atoms with Crippen molar-refractivity contribution >= 4 is 0 Å². The summed E-state index contributed by atoms with van der Waals surface area (Å²) in [7, 11) is 0. The zero-order chi connectivity index (χ0) is 6.10. The molecule has 0 spiro atoms. The average Bonchev–Trinajstić information content (AvgIpc) is 2.33. The fourth-order valence-electron chi connectivity index (χ4n) is 1.31. The van der Waals surface area contributed by atoms with Crippen molar-refractivity contribution in [2.75, 3.05) is 26.4 Å². The molecule has 1 radical (unpaired) electrons. The van der Waals surface area contributed by atoms with Crippen molar-refractivity contribution in [2.45, 2.75) is 6.04 Å². The van der Waals surface area contributed by atoms with Crippen molar-refractivity contribution in [1.29, 1.82) is 0 Å². The van der Waals surface area contributed by atoms with Crippen LogP contribution in [0.3, 0.4) is 0 Å². The lowest BCUT2D eigenvalue weighted by Crippen LogP contribution is -2.40. The molecule has 0 saturated carbocycles. The minimum Gasteiger partial charge on any atom is -0.378 e. The fraction of sp³-hybridized carbons (Fsp3) is 0.833. The Balaban J connectivity index is 1.97. The van der Waals surface area contributed by atoms with Gasteiger partial charge in [0.1, 0.15) is 0 Å². The maximum absolute atomic E-state index is 5.27. The molecule has 9 heavy (non-hydrogen) atoms. The molecule has 0 amide bonds. The molecule has 51 valence electrons. The van der Waals surface area contributed by atoms with Gasteiger partial charge in [0.15, 0.2) is 0 Å². The van der Waals surface area contributed by atoms with Crippen LogP contribution in [0.25, 0.3) is 0 Å². The maximum Gasteiger partial charge on any atom is 0.0638 e. The van der Waals surface area contributed by atoms with Crippen LogP contribution in [0.1, 0.15) is 0 Å². The zero-order valence-corrected chi connectivity index (χ0v) is 5.34. The van der Waals surface area contributed by atoms with Gasteiger partial charge in [-0.2, -0.15) is 0 Å². The van der Waals surface area contributed by atoms with E-state index in [9.17, 15) is 0 Å². The molecule has 2 heterocycles. The Morgan fingerprint density at radius 2 is 2.67 bits per heavy atom. The molecule has 0 aromatic carbocycles. The average molecular weight is 127 g/mol. The zero-order valence-electron chi connectivity index (χ0n) is 5.34. The van der Waals surface area contributed by atoms with E-state index in [4.69, 9.17) is 4.74 Å². The lowest BCUT2D eigenvalue weighted by atomic mass is 10.3. The number of hydrogen-bond acceptors (Lipinski definition) is 3. The minimum absolute atomic E-state index is 0.541. The van der Waals surface area contributed by atoms with E-state index in [0.29, 0.717) is 6.04 Å². The smallest absolute Gasteiger partial charge is 0.0638 e. The standard InChI is InChI=1S/C6H11N2O/c1-2-9-4-6-3-7-5-8(1)6/h3,6-7H,1-2,4-5H2. The molecule has 2 aliphatic heterocycles. The van der Waals surface area contributed by atoms with Crippen LogP contribution < -0.4 is 5.32 Å². The van der Waals surface area contributed by atoms with Crippen molar-refractivity contribution < 1.29 is 4.74 Å². The van der Waals surface area contributed by atoms with Gasteiger partial charge in [-0.1, -0.05) is 0 Å². The molecule has 2 saturated heterocycles. The molecule has 1 unspecified atom stereocenters. The van der Waals surface area contributed by atoms with E-state index in [0.717, 1.165) is 26.4 Å². The van der Waals surface area contributed by atoms with Crippen LogP contribution in [0.2, 0.25) is 0 Å². The lowest BCUT2D eigenvalue weighted by molar-refractivity contribution is 0.0206. The Labute approximate surface area is 55.0 Å². The van der Waals surface area contributed by atoms with Gasteiger partial charge in [-0.15, -0.1) is 0 Å². The highest BCUT2D eigenvalue weighted by molar-refractivity contribution is 4.91. The second-order valence-electron chi connectivity index (χ2n) is 2.48. The van der Waals surface area contributed by atoms with E-state index in [1.807, 2.05) is 0 Å². The predicted molar refractivity (Wildman–Crippen MR) is 33.6 cm³/mol. The summed E-state index contributed by atoms with van der Waals surface area (Å²) in [6, 6.07) is 0.541. The third kappa shape index (κ3) is 0.956. The van der Waals surface area contributed by atoms with Gasteiger partial charge in [-0.3, -0.25) is 10.2 Å². The number of rotatable bonds is 0. The molecule has 3 heteroatoms. The Morgan fingerprint density at radius 3 is 3.56 bits per heavy atom. The first-order chi connectivity index (χ1) is 4.47. The molecule has 0 aromatic heterocycles. The van der Waals surface area contributed by atoms with Crippen LogP contribution in [0.15, 0.2) is 0 Å². The van der Waals surface area contributed by atoms with Gasteiger partial charge in [0.2, 0.25) is 0 Å². The van der Waals surface area contributed by atoms with Crippen LogP contribution >= 0.6 is 0 Å². The molecule has 1 N–H and O–H groups in total. The first kappa shape index (κ1) is 5.65. The summed E-state index contributed by atoms with van der Waals surface area (Å²) in [5.74, 6) is 0. The molecule has 3 nitrogen and oxygen atoms in total. The molecular weight excluding hydrogens is 116 g/mol. The lowest BCUT2D eigenvalue weighted by Gasteiger charge is -2.27. The third-order valence-electron chi connectivity index (χ3n) is 1.89. The Hall–Kier alpha value is -0.120. The molecule has 2 fully saturated rings. The van der Waals surface area contributed by atoms with Gasteiger partial charge in [0, 0.05) is 19.8 Å². The summed E-state index contributed by atoms with van der Waals surface area (Å²) >= 11 is 0. The second kappa shape index (κ2) is 2.25. The van der Waals surface area contributed by atoms with Crippen LogP contribution in [0, 0.1) is 6.54 Å².